The summed E-state index contributed by atoms with van der Waals surface area (Å²) in [5.74, 6) is -0.509. The maximum atomic E-state index is 13.3. The van der Waals surface area contributed by atoms with Crippen LogP contribution in [0, 0.1) is 5.82 Å². The van der Waals surface area contributed by atoms with Gasteiger partial charge in [-0.3, -0.25) is 14.1 Å². The van der Waals surface area contributed by atoms with E-state index in [4.69, 9.17) is 16.3 Å². The van der Waals surface area contributed by atoms with E-state index in [1.165, 1.54) is 29.5 Å². The van der Waals surface area contributed by atoms with Gasteiger partial charge >= 0.3 is 0 Å². The minimum Gasteiger partial charge on any atom is -0.379 e. The Morgan fingerprint density at radius 3 is 2.86 bits per heavy atom. The number of aromatic nitrogens is 2. The van der Waals surface area contributed by atoms with Gasteiger partial charge in [0.1, 0.15) is 5.82 Å². The third-order valence-corrected chi connectivity index (χ3v) is 5.89. The number of imidazole rings is 1. The summed E-state index contributed by atoms with van der Waals surface area (Å²) in [4.78, 5) is 19.7. The van der Waals surface area contributed by atoms with Gasteiger partial charge in [0.15, 0.2) is 10.1 Å². The van der Waals surface area contributed by atoms with Crippen LogP contribution in [0.1, 0.15) is 17.3 Å². The average molecular weight is 435 g/mol. The number of hydrogen-bond donors (Lipinski definition) is 1. The van der Waals surface area contributed by atoms with E-state index in [9.17, 15) is 9.18 Å². The fourth-order valence-electron chi connectivity index (χ4n) is 3.37. The minimum absolute atomic E-state index is 0.0565. The van der Waals surface area contributed by atoms with E-state index in [1.54, 1.807) is 18.2 Å². The number of ether oxygens (including phenoxy) is 1. The first-order valence-electron chi connectivity index (χ1n) is 9.26. The van der Waals surface area contributed by atoms with Crippen LogP contribution in [0.25, 0.3) is 11.0 Å². The molecule has 1 amide bonds. The Labute approximate surface area is 176 Å². The first kappa shape index (κ1) is 20.0. The lowest BCUT2D eigenvalue weighted by Gasteiger charge is -2.34. The molecule has 0 spiro atoms. The van der Waals surface area contributed by atoms with Crippen molar-refractivity contribution in [3.05, 3.63) is 64.1 Å². The Morgan fingerprint density at radius 1 is 1.34 bits per heavy atom. The van der Waals surface area contributed by atoms with Crippen molar-refractivity contribution in [2.45, 2.75) is 6.04 Å². The van der Waals surface area contributed by atoms with Crippen molar-refractivity contribution < 1.29 is 13.9 Å². The van der Waals surface area contributed by atoms with E-state index in [-0.39, 0.29) is 17.8 Å². The summed E-state index contributed by atoms with van der Waals surface area (Å²) < 4.78 is 20.6. The van der Waals surface area contributed by atoms with Crippen LogP contribution in [0.4, 0.5) is 4.39 Å². The number of hydrogen-bond acceptors (Lipinski definition) is 5. The van der Waals surface area contributed by atoms with Crippen molar-refractivity contribution in [1.29, 1.82) is 0 Å². The molecule has 6 nitrogen and oxygen atoms in total. The number of morpholine rings is 1. The molecule has 1 aliphatic heterocycles. The molecule has 1 unspecified atom stereocenters. The van der Waals surface area contributed by atoms with Crippen LogP contribution in [0.15, 0.2) is 41.9 Å². The van der Waals surface area contributed by atoms with Gasteiger partial charge in [-0.2, -0.15) is 0 Å². The predicted molar refractivity (Wildman–Crippen MR) is 112 cm³/mol. The lowest BCUT2D eigenvalue weighted by Crippen LogP contribution is -2.43. The molecular weight excluding hydrogens is 415 g/mol. The molecule has 3 heterocycles. The van der Waals surface area contributed by atoms with Crippen LogP contribution in [0.3, 0.4) is 0 Å². The van der Waals surface area contributed by atoms with Gasteiger partial charge in [0.25, 0.3) is 0 Å². The van der Waals surface area contributed by atoms with Gasteiger partial charge in [0.2, 0.25) is 5.91 Å². The van der Waals surface area contributed by atoms with E-state index in [1.807, 2.05) is 16.0 Å². The molecule has 2 aromatic heterocycles. The number of carbonyl (C=O) groups is 1. The van der Waals surface area contributed by atoms with E-state index < -0.39 is 0 Å². The van der Waals surface area contributed by atoms with Crippen molar-refractivity contribution >= 4 is 39.9 Å². The molecule has 0 aliphatic carbocycles. The largest absolute Gasteiger partial charge is 0.379 e. The number of nitrogens with one attached hydrogen (secondary N) is 1. The zero-order valence-electron chi connectivity index (χ0n) is 15.6. The zero-order chi connectivity index (χ0) is 20.2. The molecule has 1 aliphatic rings. The summed E-state index contributed by atoms with van der Waals surface area (Å²) in [6.07, 6.45) is 4.97. The average Bonchev–Trinajstić information content (AvgIpc) is 3.29. The van der Waals surface area contributed by atoms with Crippen LogP contribution in [0.5, 0.6) is 0 Å². The van der Waals surface area contributed by atoms with Crippen LogP contribution < -0.4 is 5.32 Å². The summed E-state index contributed by atoms with van der Waals surface area (Å²) in [5, 5.41) is 5.21. The predicted octanol–water partition coefficient (Wildman–Crippen LogP) is 3.39. The smallest absolute Gasteiger partial charge is 0.244 e. The molecule has 0 radical (unpaired) electrons. The van der Waals surface area contributed by atoms with Gasteiger partial charge in [0.05, 0.1) is 24.9 Å². The first-order chi connectivity index (χ1) is 14.1. The molecule has 1 atom stereocenters. The second-order valence-electron chi connectivity index (χ2n) is 6.64. The Morgan fingerprint density at radius 2 is 2.10 bits per heavy atom. The lowest BCUT2D eigenvalue weighted by atomic mass is 10.0. The van der Waals surface area contributed by atoms with Crippen molar-refractivity contribution in [2.24, 2.45) is 0 Å². The Kier molecular flexibility index (Phi) is 6.25. The maximum Gasteiger partial charge on any atom is 0.244 e. The van der Waals surface area contributed by atoms with Crippen LogP contribution in [-0.4, -0.2) is 53.0 Å². The van der Waals surface area contributed by atoms with E-state index in [0.29, 0.717) is 30.6 Å². The van der Waals surface area contributed by atoms with Crippen LogP contribution in [0.2, 0.25) is 5.15 Å². The van der Waals surface area contributed by atoms with Gasteiger partial charge in [0, 0.05) is 37.3 Å². The van der Waals surface area contributed by atoms with Crippen molar-refractivity contribution in [3.63, 3.8) is 0 Å². The minimum atomic E-state index is -0.279. The standard InChI is InChI=1S/C20H20ClFN4O2S/c21-19-16(26-9-12-29-20(26)24-19)5-6-18(27)23-13-17(25-7-10-28-11-8-25)14-1-3-15(22)4-2-14/h1-6,9,12,17H,7-8,10-11,13H2,(H,23,27)/b6-5+. The fraction of sp³-hybridized carbons (Fsp3) is 0.300. The molecule has 9 heteroatoms. The van der Waals surface area contributed by atoms with Gasteiger partial charge in [-0.25, -0.2) is 9.37 Å². The van der Waals surface area contributed by atoms with Gasteiger partial charge in [-0.05, 0) is 23.8 Å². The second kappa shape index (κ2) is 9.04. The normalized spacial score (nSPS) is 16.5. The number of amides is 1. The molecule has 29 heavy (non-hydrogen) atoms. The fourth-order valence-corrected chi connectivity index (χ4v) is 4.37. The number of halogens is 2. The van der Waals surface area contributed by atoms with Crippen LogP contribution >= 0.6 is 22.9 Å². The number of thiazole rings is 1. The van der Waals surface area contributed by atoms with Crippen molar-refractivity contribution in [3.8, 4) is 0 Å². The third-order valence-electron chi connectivity index (χ3n) is 4.86. The third kappa shape index (κ3) is 4.67. The molecule has 1 aromatic carbocycles. The lowest BCUT2D eigenvalue weighted by molar-refractivity contribution is -0.116. The number of fused-ring (bicyclic) bond motifs is 1. The van der Waals surface area contributed by atoms with Gasteiger partial charge in [-0.1, -0.05) is 23.7 Å². The Balaban J connectivity index is 1.45. The molecule has 0 saturated carbocycles. The highest BCUT2D eigenvalue weighted by Gasteiger charge is 2.23. The highest BCUT2D eigenvalue weighted by molar-refractivity contribution is 7.15. The summed E-state index contributed by atoms with van der Waals surface area (Å²) in [6.45, 7) is 3.21. The quantitative estimate of drug-likeness (QED) is 0.604. The molecule has 4 rings (SSSR count). The second-order valence-corrected chi connectivity index (χ2v) is 7.87. The summed E-state index contributed by atoms with van der Waals surface area (Å²) in [6, 6.07) is 6.35. The molecule has 152 valence electrons. The Hall–Kier alpha value is -2.26. The first-order valence-corrected chi connectivity index (χ1v) is 10.5. The number of rotatable bonds is 6. The number of nitrogens with zero attached hydrogens (tertiary/aromatic N) is 3. The van der Waals surface area contributed by atoms with Gasteiger partial charge < -0.3 is 10.1 Å². The van der Waals surface area contributed by atoms with Crippen LogP contribution in [-0.2, 0) is 9.53 Å². The van der Waals surface area contributed by atoms with E-state index in [2.05, 4.69) is 15.2 Å². The topological polar surface area (TPSA) is 58.9 Å². The summed E-state index contributed by atoms with van der Waals surface area (Å²) >= 11 is 7.63. The number of carbonyl (C=O) groups excluding carboxylic acids is 1. The monoisotopic (exact) mass is 434 g/mol. The highest BCUT2D eigenvalue weighted by atomic mass is 35.5. The van der Waals surface area contributed by atoms with Crippen molar-refractivity contribution in [2.75, 3.05) is 32.8 Å². The summed E-state index contributed by atoms with van der Waals surface area (Å²) in [5.41, 5.74) is 1.62. The maximum absolute atomic E-state index is 13.3. The van der Waals surface area contributed by atoms with E-state index in [0.717, 1.165) is 23.6 Å². The Bertz CT molecular complexity index is 1010. The zero-order valence-corrected chi connectivity index (χ0v) is 17.1. The molecule has 3 aromatic rings. The molecular formula is C20H20ClFN4O2S. The molecule has 0 bridgehead atoms. The van der Waals surface area contributed by atoms with Crippen molar-refractivity contribution in [1.82, 2.24) is 19.6 Å². The molecule has 1 N–H and O–H groups in total. The summed E-state index contributed by atoms with van der Waals surface area (Å²) in [7, 11) is 0. The number of benzene rings is 1. The van der Waals surface area contributed by atoms with E-state index >= 15 is 0 Å². The molecule has 1 saturated heterocycles. The highest BCUT2D eigenvalue weighted by Crippen LogP contribution is 2.23. The molecule has 1 fully saturated rings. The SMILES string of the molecule is O=C(/C=C/c1c(Cl)nc2sccn12)NCC(c1ccc(F)cc1)N1CCOCC1. The van der Waals surface area contributed by atoms with Gasteiger partial charge in [-0.15, -0.1) is 11.3 Å².